The molecule has 0 aliphatic heterocycles. The lowest BCUT2D eigenvalue weighted by atomic mass is 10.0. The van der Waals surface area contributed by atoms with Crippen molar-refractivity contribution in [3.8, 4) is 33.9 Å². The van der Waals surface area contributed by atoms with E-state index in [4.69, 9.17) is 14.5 Å². The minimum absolute atomic E-state index is 0.319. The number of benzene rings is 2. The van der Waals surface area contributed by atoms with Crippen molar-refractivity contribution in [3.63, 3.8) is 0 Å². The van der Waals surface area contributed by atoms with Gasteiger partial charge in [-0.1, -0.05) is 18.2 Å². The average Bonchev–Trinajstić information content (AvgIpc) is 3.24. The summed E-state index contributed by atoms with van der Waals surface area (Å²) >= 11 is 0. The number of nitrogens with zero attached hydrogens (tertiary/aromatic N) is 4. The van der Waals surface area contributed by atoms with Crippen LogP contribution in [0.2, 0.25) is 0 Å². The Balaban J connectivity index is 1.37. The van der Waals surface area contributed by atoms with Gasteiger partial charge in [0.1, 0.15) is 29.5 Å². The first-order valence-electron chi connectivity index (χ1n) is 10.3. The summed E-state index contributed by atoms with van der Waals surface area (Å²) < 4.78 is 13.4. The molecule has 0 bridgehead atoms. The fourth-order valence-electron chi connectivity index (χ4n) is 3.72. The van der Waals surface area contributed by atoms with Crippen molar-refractivity contribution in [1.82, 2.24) is 19.7 Å². The molecule has 0 unspecified atom stereocenters. The molecule has 0 radical (unpaired) electrons. The molecule has 6 heteroatoms. The molecule has 0 amide bonds. The molecular weight excluding hydrogens is 399 g/mol. The van der Waals surface area contributed by atoms with E-state index >= 15 is 0 Å². The highest BCUT2D eigenvalue weighted by molar-refractivity contribution is 5.81. The zero-order chi connectivity index (χ0) is 21.9. The lowest BCUT2D eigenvalue weighted by molar-refractivity contribution is 0.291. The van der Waals surface area contributed by atoms with Gasteiger partial charge in [-0.05, 0) is 54.1 Å². The van der Waals surface area contributed by atoms with Crippen LogP contribution in [-0.4, -0.2) is 26.9 Å². The first kappa shape index (κ1) is 19.8. The van der Waals surface area contributed by atoms with Gasteiger partial charge in [-0.3, -0.25) is 9.67 Å². The summed E-state index contributed by atoms with van der Waals surface area (Å²) in [4.78, 5) is 8.81. The van der Waals surface area contributed by atoms with Crippen molar-refractivity contribution in [2.75, 3.05) is 7.11 Å². The van der Waals surface area contributed by atoms with E-state index in [-0.39, 0.29) is 0 Å². The molecule has 32 heavy (non-hydrogen) atoms. The van der Waals surface area contributed by atoms with Gasteiger partial charge in [0.25, 0.3) is 0 Å². The number of hydrogen-bond acceptors (Lipinski definition) is 5. The molecular formula is C26H22N4O2. The van der Waals surface area contributed by atoms with Crippen LogP contribution in [0.5, 0.6) is 11.5 Å². The highest BCUT2D eigenvalue weighted by Gasteiger charge is 2.13. The van der Waals surface area contributed by atoms with Gasteiger partial charge in [-0.15, -0.1) is 0 Å². The van der Waals surface area contributed by atoms with Crippen LogP contribution in [0.4, 0.5) is 0 Å². The predicted octanol–water partition coefficient (Wildman–Crippen LogP) is 5.28. The van der Waals surface area contributed by atoms with Gasteiger partial charge in [0.2, 0.25) is 0 Å². The van der Waals surface area contributed by atoms with Crippen LogP contribution in [0.1, 0.15) is 5.69 Å². The standard InChI is InChI=1S/C26H22N4O2/c1-30-16-22(18-11-13-27-14-12-18)26(29-30)19-7-9-21(10-8-19)32-17-24-25(31-2)15-20-5-3-4-6-23(20)28-24/h3-16H,17H2,1-2H3/i2-1. The number of aromatic nitrogens is 4. The molecule has 5 aromatic rings. The minimum Gasteiger partial charge on any atom is -0.495 e. The molecule has 158 valence electrons. The van der Waals surface area contributed by atoms with Crippen LogP contribution >= 0.6 is 0 Å². The summed E-state index contributed by atoms with van der Waals surface area (Å²) in [5.41, 5.74) is 5.77. The second kappa shape index (κ2) is 8.51. The summed E-state index contributed by atoms with van der Waals surface area (Å²) in [5, 5.41) is 5.70. The van der Waals surface area contributed by atoms with E-state index in [1.165, 1.54) is 0 Å². The highest BCUT2D eigenvalue weighted by Crippen LogP contribution is 2.32. The SMILES string of the molecule is Cn1cc(-c2ccncc2)c(-c2ccc(OCc3nc4ccccc4cc3O[11CH3])cc2)n1. The summed E-state index contributed by atoms with van der Waals surface area (Å²) in [6.45, 7) is 0.319. The molecule has 3 aromatic heterocycles. The summed E-state index contributed by atoms with van der Waals surface area (Å²) in [7, 11) is 3.58. The summed E-state index contributed by atoms with van der Waals surface area (Å²) in [5.74, 6) is 1.47. The average molecular weight is 421 g/mol. The van der Waals surface area contributed by atoms with Gasteiger partial charge in [-0.2, -0.15) is 5.10 Å². The third-order valence-corrected chi connectivity index (χ3v) is 5.31. The lowest BCUT2D eigenvalue weighted by Gasteiger charge is -2.11. The van der Waals surface area contributed by atoms with Crippen molar-refractivity contribution in [2.24, 2.45) is 7.05 Å². The number of fused-ring (bicyclic) bond motifs is 1. The van der Waals surface area contributed by atoms with E-state index in [0.29, 0.717) is 6.61 Å². The maximum Gasteiger partial charge on any atom is 0.144 e. The van der Waals surface area contributed by atoms with Gasteiger partial charge >= 0.3 is 0 Å². The third kappa shape index (κ3) is 3.90. The maximum atomic E-state index is 6.02. The van der Waals surface area contributed by atoms with Crippen LogP contribution in [0.3, 0.4) is 0 Å². The lowest BCUT2D eigenvalue weighted by Crippen LogP contribution is -2.02. The Bertz CT molecular complexity index is 1360. The zero-order valence-electron chi connectivity index (χ0n) is 17.9. The van der Waals surface area contributed by atoms with Gasteiger partial charge < -0.3 is 9.47 Å². The zero-order valence-corrected chi connectivity index (χ0v) is 17.9. The maximum absolute atomic E-state index is 6.02. The molecule has 0 aliphatic carbocycles. The monoisotopic (exact) mass is 421 g/mol. The molecule has 0 atom stereocenters. The van der Waals surface area contributed by atoms with Gasteiger partial charge in [-0.25, -0.2) is 4.98 Å². The second-order valence-corrected chi connectivity index (χ2v) is 7.44. The van der Waals surface area contributed by atoms with Crippen molar-refractivity contribution < 1.29 is 9.47 Å². The number of aryl methyl sites for hydroxylation is 1. The molecule has 0 N–H and O–H groups in total. The Morgan fingerprint density at radius 2 is 1.69 bits per heavy atom. The van der Waals surface area contributed by atoms with Gasteiger partial charge in [0.05, 0.1) is 12.6 Å². The Morgan fingerprint density at radius 1 is 0.906 bits per heavy atom. The molecule has 2 aromatic carbocycles. The molecule has 0 aliphatic rings. The smallest absolute Gasteiger partial charge is 0.144 e. The number of para-hydroxylation sites is 1. The van der Waals surface area contributed by atoms with E-state index < -0.39 is 0 Å². The Kier molecular flexibility index (Phi) is 5.25. The number of hydrogen-bond donors (Lipinski definition) is 0. The minimum atomic E-state index is 0.319. The highest BCUT2D eigenvalue weighted by atomic mass is 16.5. The normalized spacial score (nSPS) is 10.9. The Morgan fingerprint density at radius 3 is 2.47 bits per heavy atom. The summed E-state index contributed by atoms with van der Waals surface area (Å²) in [6.07, 6.45) is 5.60. The molecule has 3 heterocycles. The van der Waals surface area contributed by atoms with Crippen LogP contribution in [-0.2, 0) is 13.7 Å². The largest absolute Gasteiger partial charge is 0.495 e. The third-order valence-electron chi connectivity index (χ3n) is 5.31. The number of ether oxygens (including phenoxy) is 2. The van der Waals surface area contributed by atoms with Crippen molar-refractivity contribution >= 4 is 10.9 Å². The van der Waals surface area contributed by atoms with Crippen LogP contribution in [0.25, 0.3) is 33.3 Å². The fourth-order valence-corrected chi connectivity index (χ4v) is 3.72. The molecule has 6 nitrogen and oxygen atoms in total. The van der Waals surface area contributed by atoms with E-state index in [1.807, 2.05) is 84.7 Å². The first-order valence-corrected chi connectivity index (χ1v) is 10.3. The molecule has 5 rings (SSSR count). The number of methoxy groups -OCH3 is 1. The van der Waals surface area contributed by atoms with Crippen LogP contribution in [0.15, 0.2) is 85.3 Å². The molecule has 0 spiro atoms. The number of rotatable bonds is 6. The quantitative estimate of drug-likeness (QED) is 0.373. The Labute approximate surface area is 186 Å². The fraction of sp³-hybridized carbons (Fsp3) is 0.115. The van der Waals surface area contributed by atoms with E-state index in [1.54, 1.807) is 19.5 Å². The molecule has 0 fully saturated rings. The van der Waals surface area contributed by atoms with Gasteiger partial charge in [0, 0.05) is 42.2 Å². The molecule has 0 saturated heterocycles. The second-order valence-electron chi connectivity index (χ2n) is 7.44. The van der Waals surface area contributed by atoms with E-state index in [9.17, 15) is 0 Å². The Hall–Kier alpha value is -4.19. The van der Waals surface area contributed by atoms with E-state index in [0.717, 1.165) is 50.5 Å². The van der Waals surface area contributed by atoms with Gasteiger partial charge in [0.15, 0.2) is 0 Å². The van der Waals surface area contributed by atoms with Crippen LogP contribution < -0.4 is 9.47 Å². The van der Waals surface area contributed by atoms with Crippen LogP contribution in [0, 0.1) is 0 Å². The van der Waals surface area contributed by atoms with Crippen molar-refractivity contribution in [1.29, 1.82) is 0 Å². The predicted molar refractivity (Wildman–Crippen MR) is 125 cm³/mol. The topological polar surface area (TPSA) is 62.1 Å². The van der Waals surface area contributed by atoms with Crippen molar-refractivity contribution in [3.05, 3.63) is 91.0 Å². The number of pyridine rings is 2. The summed E-state index contributed by atoms with van der Waals surface area (Å²) in [6, 6.07) is 21.9. The first-order chi connectivity index (χ1) is 15.7. The van der Waals surface area contributed by atoms with Crippen molar-refractivity contribution in [2.45, 2.75) is 6.61 Å². The molecule has 0 saturated carbocycles. The van der Waals surface area contributed by atoms with E-state index in [2.05, 4.69) is 10.1 Å².